The van der Waals surface area contributed by atoms with E-state index in [9.17, 15) is 14.4 Å². The average Bonchev–Trinajstić information content (AvgIpc) is 3.37. The Hall–Kier alpha value is -3.90. The Labute approximate surface area is 261 Å². The Kier molecular flexibility index (Phi) is 9.30. The predicted molar refractivity (Wildman–Crippen MR) is 174 cm³/mol. The lowest BCUT2D eigenvalue weighted by Crippen LogP contribution is -2.45. The average molecular weight is 639 g/mol. The van der Waals surface area contributed by atoms with Crippen molar-refractivity contribution in [2.75, 3.05) is 19.8 Å². The zero-order chi connectivity index (χ0) is 31.6. The Morgan fingerprint density at radius 3 is 2.50 bits per heavy atom. The quantitative estimate of drug-likeness (QED) is 0.220. The van der Waals surface area contributed by atoms with E-state index in [1.807, 2.05) is 36.9 Å². The summed E-state index contributed by atoms with van der Waals surface area (Å²) in [7, 11) is -1.33. The predicted octanol–water partition coefficient (Wildman–Crippen LogP) is 5.83. The molecule has 1 atom stereocenters. The first-order chi connectivity index (χ1) is 20.9. The molecule has 2 N–H and O–H groups in total. The van der Waals surface area contributed by atoms with Gasteiger partial charge < -0.3 is 19.4 Å². The fourth-order valence-corrected chi connectivity index (χ4v) is 6.65. The van der Waals surface area contributed by atoms with Gasteiger partial charge in [0.05, 0.1) is 35.0 Å². The highest BCUT2D eigenvalue weighted by molar-refractivity contribution is 6.76. The van der Waals surface area contributed by atoms with Gasteiger partial charge in [-0.3, -0.25) is 4.79 Å². The van der Waals surface area contributed by atoms with Crippen molar-refractivity contribution in [3.05, 3.63) is 67.3 Å². The summed E-state index contributed by atoms with van der Waals surface area (Å²) >= 11 is 6.53. The molecule has 0 saturated carbocycles. The van der Waals surface area contributed by atoms with Gasteiger partial charge in [0, 0.05) is 32.5 Å². The fourth-order valence-electron chi connectivity index (χ4n) is 5.69. The van der Waals surface area contributed by atoms with Crippen LogP contribution in [0.15, 0.2) is 39.9 Å². The molecule has 0 spiro atoms. The number of H-pyrrole nitrogens is 2. The van der Waals surface area contributed by atoms with E-state index in [2.05, 4.69) is 40.2 Å². The smallest absolute Gasteiger partial charge is 0.409 e. The van der Waals surface area contributed by atoms with E-state index < -0.39 is 13.8 Å². The zero-order valence-corrected chi connectivity index (χ0v) is 27.6. The van der Waals surface area contributed by atoms with Crippen LogP contribution >= 0.6 is 11.6 Å². The number of nitrogens with one attached hydrogen (secondary N) is 2. The number of halogens is 1. The number of aromatic nitrogens is 5. The van der Waals surface area contributed by atoms with Crippen molar-refractivity contribution < 1.29 is 14.3 Å². The summed E-state index contributed by atoms with van der Waals surface area (Å²) in [5.41, 5.74) is 2.95. The number of carbonyl (C=O) groups is 1. The van der Waals surface area contributed by atoms with E-state index in [0.717, 1.165) is 41.1 Å². The van der Waals surface area contributed by atoms with Gasteiger partial charge in [0.1, 0.15) is 5.75 Å². The molecular formula is C31H39ClN6O5Si. The number of aryl methyl sites for hydroxylation is 2. The Bertz CT molecular complexity index is 1770. The van der Waals surface area contributed by atoms with Gasteiger partial charge >= 0.3 is 11.8 Å². The standard InChI is InChI=1S/C31H39ClN6O5Si/c1-19-14-20(2)16-21(15-19)27-28(23-17-26(38-30(40)34-35-36-38)24(32)18-25(23)33-29(27)39)42-11-9-22-8-6-7-10-37(22)31(41)43-12-13-44(3,4)5/h14-18,22H,6-13H2,1-5H3,(H,33,39)(H,34,36,40). The number of ether oxygens (including phenoxy) is 2. The van der Waals surface area contributed by atoms with E-state index in [1.165, 1.54) is 0 Å². The van der Waals surface area contributed by atoms with E-state index >= 15 is 0 Å². The number of likely N-dealkylation sites (tertiary alicyclic amines) is 1. The van der Waals surface area contributed by atoms with Crippen LogP contribution in [0, 0.1) is 13.8 Å². The highest BCUT2D eigenvalue weighted by atomic mass is 35.5. The summed E-state index contributed by atoms with van der Waals surface area (Å²) in [6, 6.07) is 10.0. The number of carbonyl (C=O) groups excluding carboxylic acids is 1. The van der Waals surface area contributed by atoms with Crippen LogP contribution in [-0.2, 0) is 4.74 Å². The van der Waals surface area contributed by atoms with E-state index in [0.29, 0.717) is 53.0 Å². The highest BCUT2D eigenvalue weighted by Crippen LogP contribution is 2.37. The number of hydrogen-bond donors (Lipinski definition) is 2. The molecule has 3 heterocycles. The molecule has 234 valence electrons. The number of pyridine rings is 1. The number of hydrogen-bond acceptors (Lipinski definition) is 7. The fraction of sp³-hybridized carbons (Fsp3) is 0.452. The minimum absolute atomic E-state index is 0.0419. The van der Waals surface area contributed by atoms with Crippen LogP contribution in [0.2, 0.25) is 30.7 Å². The molecule has 0 bridgehead atoms. The van der Waals surface area contributed by atoms with Crippen LogP contribution in [0.1, 0.15) is 36.8 Å². The van der Waals surface area contributed by atoms with Crippen LogP contribution in [0.3, 0.4) is 0 Å². The van der Waals surface area contributed by atoms with Gasteiger partial charge in [0.2, 0.25) is 0 Å². The molecule has 5 rings (SSSR count). The second-order valence-corrected chi connectivity index (χ2v) is 18.7. The summed E-state index contributed by atoms with van der Waals surface area (Å²) in [6.07, 6.45) is 3.08. The van der Waals surface area contributed by atoms with Crippen molar-refractivity contribution in [3.8, 4) is 22.6 Å². The lowest BCUT2D eigenvalue weighted by molar-refractivity contribution is 0.0701. The molecule has 1 fully saturated rings. The van der Waals surface area contributed by atoms with Crippen molar-refractivity contribution in [2.45, 2.75) is 71.3 Å². The molecule has 44 heavy (non-hydrogen) atoms. The highest BCUT2D eigenvalue weighted by Gasteiger charge is 2.29. The molecule has 1 unspecified atom stereocenters. The molecule has 2 aromatic carbocycles. The molecule has 1 amide bonds. The first kappa shape index (κ1) is 31.5. The molecular weight excluding hydrogens is 600 g/mol. The molecule has 1 aliphatic heterocycles. The zero-order valence-electron chi connectivity index (χ0n) is 25.8. The third-order valence-electron chi connectivity index (χ3n) is 7.88. The summed E-state index contributed by atoms with van der Waals surface area (Å²) in [6.45, 7) is 12.1. The summed E-state index contributed by atoms with van der Waals surface area (Å²) < 4.78 is 13.2. The van der Waals surface area contributed by atoms with Gasteiger partial charge in [-0.2, -0.15) is 4.68 Å². The van der Waals surface area contributed by atoms with E-state index in [1.54, 1.807) is 12.1 Å². The van der Waals surface area contributed by atoms with Crippen LogP contribution in [0.25, 0.3) is 27.7 Å². The van der Waals surface area contributed by atoms with Crippen molar-refractivity contribution in [1.29, 1.82) is 0 Å². The van der Waals surface area contributed by atoms with Gasteiger partial charge in [0.25, 0.3) is 5.56 Å². The largest absolute Gasteiger partial charge is 0.492 e. The molecule has 1 aliphatic rings. The maximum Gasteiger partial charge on any atom is 0.409 e. The third-order valence-corrected chi connectivity index (χ3v) is 9.89. The molecule has 0 aliphatic carbocycles. The van der Waals surface area contributed by atoms with Crippen molar-refractivity contribution >= 4 is 36.7 Å². The Morgan fingerprint density at radius 2 is 1.82 bits per heavy atom. The number of rotatable bonds is 9. The normalized spacial score (nSPS) is 15.5. The number of tetrazole rings is 1. The Balaban J connectivity index is 1.49. The van der Waals surface area contributed by atoms with E-state index in [-0.39, 0.29) is 29.3 Å². The maximum absolute atomic E-state index is 13.6. The molecule has 4 aromatic rings. The molecule has 0 radical (unpaired) electrons. The first-order valence-electron chi connectivity index (χ1n) is 15.0. The summed E-state index contributed by atoms with van der Waals surface area (Å²) in [4.78, 5) is 43.8. The second-order valence-electron chi connectivity index (χ2n) is 12.7. The van der Waals surface area contributed by atoms with Crippen molar-refractivity contribution in [2.24, 2.45) is 0 Å². The number of nitrogens with zero attached hydrogens (tertiary/aromatic N) is 4. The molecule has 13 heteroatoms. The first-order valence-corrected chi connectivity index (χ1v) is 19.0. The number of benzene rings is 2. The minimum atomic E-state index is -1.33. The van der Waals surface area contributed by atoms with Gasteiger partial charge in [-0.15, -0.1) is 0 Å². The number of aromatic amines is 2. The lowest BCUT2D eigenvalue weighted by Gasteiger charge is -2.35. The molecule has 11 nitrogen and oxygen atoms in total. The van der Waals surface area contributed by atoms with E-state index in [4.69, 9.17) is 21.1 Å². The molecule has 1 saturated heterocycles. The van der Waals surface area contributed by atoms with Crippen molar-refractivity contribution in [1.82, 2.24) is 30.1 Å². The molecule has 2 aromatic heterocycles. The second kappa shape index (κ2) is 13.0. The monoisotopic (exact) mass is 638 g/mol. The number of piperidine rings is 1. The number of amides is 1. The van der Waals surface area contributed by atoms with Gasteiger partial charge in [-0.1, -0.05) is 60.6 Å². The summed E-state index contributed by atoms with van der Waals surface area (Å²) in [5, 5.41) is 10.5. The van der Waals surface area contributed by atoms with Gasteiger partial charge in [-0.25, -0.2) is 14.7 Å². The Morgan fingerprint density at radius 1 is 1.07 bits per heavy atom. The third kappa shape index (κ3) is 7.07. The maximum atomic E-state index is 13.6. The van der Waals surface area contributed by atoms with Crippen LogP contribution in [0.5, 0.6) is 5.75 Å². The van der Waals surface area contributed by atoms with Crippen LogP contribution < -0.4 is 16.0 Å². The van der Waals surface area contributed by atoms with Crippen molar-refractivity contribution in [3.63, 3.8) is 0 Å². The SMILES string of the molecule is Cc1cc(C)cc(-c2c(OCCC3CCCCN3C(=O)OCC[Si](C)(C)C)c3cc(-n4nn[nH]c4=O)c(Cl)cc3[nH]c2=O)c1. The van der Waals surface area contributed by atoms with Gasteiger partial charge in [0.15, 0.2) is 0 Å². The van der Waals surface area contributed by atoms with Gasteiger partial charge in [-0.05, 0) is 67.3 Å². The topological polar surface area (TPSA) is 135 Å². The van der Waals surface area contributed by atoms with Crippen LogP contribution in [0.4, 0.5) is 4.79 Å². The number of fused-ring (bicyclic) bond motifs is 1. The van der Waals surface area contributed by atoms with Crippen LogP contribution in [-0.4, -0.2) is 70.1 Å². The minimum Gasteiger partial charge on any atom is -0.492 e. The summed E-state index contributed by atoms with van der Waals surface area (Å²) in [5.74, 6) is 0.364. The lowest BCUT2D eigenvalue weighted by atomic mass is 9.98.